The summed E-state index contributed by atoms with van der Waals surface area (Å²) in [4.78, 5) is 4.26. The van der Waals surface area contributed by atoms with Gasteiger partial charge in [-0.3, -0.25) is 0 Å². The monoisotopic (exact) mass is 358 g/mol. The first-order chi connectivity index (χ1) is 8.06. The number of benzene rings is 1. The Morgan fingerprint density at radius 3 is 2.65 bits per heavy atom. The Bertz CT molecular complexity index is 509. The number of aryl methyl sites for hydroxylation is 1. The SMILES string of the molecule is Cc1cc(Br)cnc1Nc1ccc(F)cc1Br. The van der Waals surface area contributed by atoms with Gasteiger partial charge in [0.1, 0.15) is 11.6 Å². The van der Waals surface area contributed by atoms with Crippen LogP contribution in [0.1, 0.15) is 5.56 Å². The summed E-state index contributed by atoms with van der Waals surface area (Å²) in [6, 6.07) is 6.45. The molecular formula is C12H9Br2FN2. The second-order valence-electron chi connectivity index (χ2n) is 3.57. The Labute approximate surface area is 116 Å². The number of nitrogens with one attached hydrogen (secondary N) is 1. The summed E-state index contributed by atoms with van der Waals surface area (Å²) in [5.74, 6) is 0.475. The van der Waals surface area contributed by atoms with E-state index >= 15 is 0 Å². The van der Waals surface area contributed by atoms with E-state index in [4.69, 9.17) is 0 Å². The van der Waals surface area contributed by atoms with E-state index in [2.05, 4.69) is 42.2 Å². The number of nitrogens with zero attached hydrogens (tertiary/aromatic N) is 1. The van der Waals surface area contributed by atoms with Gasteiger partial charge in [0, 0.05) is 15.1 Å². The van der Waals surface area contributed by atoms with E-state index < -0.39 is 0 Å². The molecule has 0 radical (unpaired) electrons. The van der Waals surface area contributed by atoms with Crippen LogP contribution in [0.4, 0.5) is 15.9 Å². The fourth-order valence-electron chi connectivity index (χ4n) is 1.39. The average Bonchev–Trinajstić information content (AvgIpc) is 2.25. The third kappa shape index (κ3) is 3.04. The molecule has 5 heteroatoms. The van der Waals surface area contributed by atoms with E-state index in [0.717, 1.165) is 21.5 Å². The van der Waals surface area contributed by atoms with Gasteiger partial charge in [-0.1, -0.05) is 0 Å². The van der Waals surface area contributed by atoms with Crippen LogP contribution >= 0.6 is 31.9 Å². The molecule has 0 saturated carbocycles. The lowest BCUT2D eigenvalue weighted by molar-refractivity contribution is 0.627. The molecule has 1 N–H and O–H groups in total. The van der Waals surface area contributed by atoms with Crippen LogP contribution in [0, 0.1) is 12.7 Å². The molecule has 2 nitrogen and oxygen atoms in total. The molecule has 1 aromatic heterocycles. The van der Waals surface area contributed by atoms with Gasteiger partial charge in [-0.05, 0) is 68.6 Å². The summed E-state index contributed by atoms with van der Waals surface area (Å²) in [7, 11) is 0. The van der Waals surface area contributed by atoms with Crippen LogP contribution in [0.5, 0.6) is 0 Å². The molecule has 0 spiro atoms. The Balaban J connectivity index is 2.31. The first-order valence-corrected chi connectivity index (χ1v) is 6.49. The van der Waals surface area contributed by atoms with Crippen molar-refractivity contribution in [3.63, 3.8) is 0 Å². The van der Waals surface area contributed by atoms with Crippen molar-refractivity contribution in [1.82, 2.24) is 4.98 Å². The Hall–Kier alpha value is -0.940. The number of hydrogen-bond acceptors (Lipinski definition) is 2. The van der Waals surface area contributed by atoms with Crippen LogP contribution in [-0.4, -0.2) is 4.98 Å². The Kier molecular flexibility index (Phi) is 3.79. The molecule has 0 atom stereocenters. The highest BCUT2D eigenvalue weighted by molar-refractivity contribution is 9.10. The minimum atomic E-state index is -0.275. The first kappa shape index (κ1) is 12.5. The van der Waals surface area contributed by atoms with E-state index in [1.54, 1.807) is 12.3 Å². The smallest absolute Gasteiger partial charge is 0.133 e. The first-order valence-electron chi connectivity index (χ1n) is 4.90. The number of rotatable bonds is 2. The predicted octanol–water partition coefficient (Wildman–Crippen LogP) is 4.80. The highest BCUT2D eigenvalue weighted by Crippen LogP contribution is 2.27. The molecule has 0 fully saturated rings. The zero-order chi connectivity index (χ0) is 12.4. The van der Waals surface area contributed by atoms with Gasteiger partial charge in [0.25, 0.3) is 0 Å². The lowest BCUT2D eigenvalue weighted by Crippen LogP contribution is -1.97. The van der Waals surface area contributed by atoms with Crippen molar-refractivity contribution < 1.29 is 4.39 Å². The maximum absolute atomic E-state index is 12.9. The molecule has 17 heavy (non-hydrogen) atoms. The van der Waals surface area contributed by atoms with Gasteiger partial charge in [0.05, 0.1) is 5.69 Å². The van der Waals surface area contributed by atoms with Crippen LogP contribution in [0.25, 0.3) is 0 Å². The number of aromatic nitrogens is 1. The summed E-state index contributed by atoms with van der Waals surface area (Å²) in [6.45, 7) is 1.96. The number of halogens is 3. The standard InChI is InChI=1S/C12H9Br2FN2/c1-7-4-8(13)6-16-12(7)17-11-3-2-9(15)5-10(11)14/h2-6H,1H3,(H,16,17). The van der Waals surface area contributed by atoms with E-state index in [-0.39, 0.29) is 5.82 Å². The van der Waals surface area contributed by atoms with Gasteiger partial charge in [0.2, 0.25) is 0 Å². The van der Waals surface area contributed by atoms with Gasteiger partial charge >= 0.3 is 0 Å². The van der Waals surface area contributed by atoms with Gasteiger partial charge in [-0.15, -0.1) is 0 Å². The van der Waals surface area contributed by atoms with Crippen LogP contribution < -0.4 is 5.32 Å². The summed E-state index contributed by atoms with van der Waals surface area (Å²) >= 11 is 6.66. The molecule has 0 saturated heterocycles. The molecule has 0 amide bonds. The van der Waals surface area contributed by atoms with Crippen LogP contribution in [0.2, 0.25) is 0 Å². The van der Waals surface area contributed by atoms with Crippen LogP contribution in [0.15, 0.2) is 39.4 Å². The van der Waals surface area contributed by atoms with Crippen LogP contribution in [-0.2, 0) is 0 Å². The second-order valence-corrected chi connectivity index (χ2v) is 5.34. The zero-order valence-electron chi connectivity index (χ0n) is 8.97. The molecule has 0 aliphatic carbocycles. The topological polar surface area (TPSA) is 24.9 Å². The van der Waals surface area contributed by atoms with Crippen molar-refractivity contribution in [2.45, 2.75) is 6.92 Å². The van der Waals surface area contributed by atoms with E-state index in [1.165, 1.54) is 12.1 Å². The molecule has 0 aliphatic heterocycles. The van der Waals surface area contributed by atoms with Crippen molar-refractivity contribution in [1.29, 1.82) is 0 Å². The molecule has 0 bridgehead atoms. The maximum Gasteiger partial charge on any atom is 0.133 e. The summed E-state index contributed by atoms with van der Waals surface area (Å²) < 4.78 is 14.5. The molecule has 88 valence electrons. The fraction of sp³-hybridized carbons (Fsp3) is 0.0833. The van der Waals surface area contributed by atoms with Crippen molar-refractivity contribution in [2.75, 3.05) is 5.32 Å². The quantitative estimate of drug-likeness (QED) is 0.833. The number of anilines is 2. The maximum atomic E-state index is 12.9. The summed E-state index contributed by atoms with van der Waals surface area (Å²) in [5, 5.41) is 3.15. The van der Waals surface area contributed by atoms with Gasteiger partial charge in [0.15, 0.2) is 0 Å². The summed E-state index contributed by atoms with van der Waals surface area (Å²) in [6.07, 6.45) is 1.72. The minimum Gasteiger partial charge on any atom is -0.339 e. The third-order valence-electron chi connectivity index (χ3n) is 2.23. The molecule has 2 aromatic rings. The zero-order valence-corrected chi connectivity index (χ0v) is 12.1. The van der Waals surface area contributed by atoms with Crippen molar-refractivity contribution in [3.8, 4) is 0 Å². The molecule has 2 rings (SSSR count). The van der Waals surface area contributed by atoms with Gasteiger partial charge < -0.3 is 5.32 Å². The van der Waals surface area contributed by atoms with Crippen molar-refractivity contribution in [3.05, 3.63) is 50.8 Å². The number of pyridine rings is 1. The lowest BCUT2D eigenvalue weighted by Gasteiger charge is -2.10. The molecular weight excluding hydrogens is 351 g/mol. The highest BCUT2D eigenvalue weighted by Gasteiger charge is 2.05. The van der Waals surface area contributed by atoms with Crippen LogP contribution in [0.3, 0.4) is 0 Å². The second kappa shape index (κ2) is 5.14. The predicted molar refractivity (Wildman–Crippen MR) is 74.1 cm³/mol. The largest absolute Gasteiger partial charge is 0.339 e. The summed E-state index contributed by atoms with van der Waals surface area (Å²) in [5.41, 5.74) is 1.79. The minimum absolute atomic E-state index is 0.275. The third-order valence-corrected chi connectivity index (χ3v) is 3.32. The Morgan fingerprint density at radius 2 is 2.00 bits per heavy atom. The average molecular weight is 360 g/mol. The molecule has 0 aliphatic rings. The van der Waals surface area contributed by atoms with Crippen molar-refractivity contribution >= 4 is 43.4 Å². The lowest BCUT2D eigenvalue weighted by atomic mass is 10.2. The van der Waals surface area contributed by atoms with Gasteiger partial charge in [-0.25, -0.2) is 9.37 Å². The van der Waals surface area contributed by atoms with E-state index in [0.29, 0.717) is 4.47 Å². The van der Waals surface area contributed by atoms with Crippen molar-refractivity contribution in [2.24, 2.45) is 0 Å². The van der Waals surface area contributed by atoms with Gasteiger partial charge in [-0.2, -0.15) is 0 Å². The normalized spacial score (nSPS) is 10.4. The van der Waals surface area contributed by atoms with E-state index in [1.807, 2.05) is 13.0 Å². The fourth-order valence-corrected chi connectivity index (χ4v) is 2.29. The Morgan fingerprint density at radius 1 is 1.24 bits per heavy atom. The molecule has 1 heterocycles. The number of hydrogen-bond donors (Lipinski definition) is 1. The van der Waals surface area contributed by atoms with E-state index in [9.17, 15) is 4.39 Å². The molecule has 0 unspecified atom stereocenters. The molecule has 1 aromatic carbocycles. The highest BCUT2D eigenvalue weighted by atomic mass is 79.9.